The van der Waals surface area contributed by atoms with Crippen LogP contribution in [-0.4, -0.2) is 10.1 Å². The highest BCUT2D eigenvalue weighted by Crippen LogP contribution is 2.23. The molecule has 2 nitrogen and oxygen atoms in total. The molecule has 0 bridgehead atoms. The van der Waals surface area contributed by atoms with Gasteiger partial charge in [0.25, 0.3) is 0 Å². The van der Waals surface area contributed by atoms with Crippen LogP contribution in [0, 0.1) is 5.82 Å². The van der Waals surface area contributed by atoms with Crippen molar-refractivity contribution in [2.75, 3.05) is 0 Å². The zero-order chi connectivity index (χ0) is 10.8. The van der Waals surface area contributed by atoms with Crippen molar-refractivity contribution in [3.05, 3.63) is 47.4 Å². The summed E-state index contributed by atoms with van der Waals surface area (Å²) in [6.45, 7) is 0. The molecule has 0 amide bonds. The molecule has 2 rings (SSSR count). The first-order valence-electron chi connectivity index (χ1n) is 4.26. The maximum atomic E-state index is 13.0. The van der Waals surface area contributed by atoms with E-state index in [4.69, 9.17) is 16.7 Å². The molecule has 1 aromatic carbocycles. The fourth-order valence-corrected chi connectivity index (χ4v) is 1.48. The average molecular weight is 224 g/mol. The Morgan fingerprint density at radius 2 is 2.00 bits per heavy atom. The van der Waals surface area contributed by atoms with Crippen LogP contribution in [0.1, 0.15) is 0 Å². The van der Waals surface area contributed by atoms with Gasteiger partial charge in [-0.15, -0.1) is 0 Å². The number of hydrogen-bond acceptors (Lipinski definition) is 2. The maximum absolute atomic E-state index is 13.0. The minimum absolute atomic E-state index is 0.0706. The van der Waals surface area contributed by atoms with Crippen molar-refractivity contribution in [3.63, 3.8) is 0 Å². The van der Waals surface area contributed by atoms with Crippen molar-refractivity contribution >= 4 is 11.6 Å². The molecule has 0 atom stereocenters. The summed E-state index contributed by atoms with van der Waals surface area (Å²) in [7, 11) is 0. The number of halogens is 2. The van der Waals surface area contributed by atoms with Gasteiger partial charge in [0.2, 0.25) is 0 Å². The van der Waals surface area contributed by atoms with Crippen molar-refractivity contribution < 1.29 is 9.50 Å². The Bertz CT molecular complexity index is 464. The summed E-state index contributed by atoms with van der Waals surface area (Å²) in [6, 6.07) is 7.27. The smallest absolute Gasteiger partial charge is 0.133 e. The highest BCUT2D eigenvalue weighted by Gasteiger charge is 2.03. The zero-order valence-electron chi connectivity index (χ0n) is 7.61. The Kier molecular flexibility index (Phi) is 2.56. The topological polar surface area (TPSA) is 33.1 Å². The average Bonchev–Trinajstić information content (AvgIpc) is 2.17. The second-order valence-electron chi connectivity index (χ2n) is 3.06. The number of rotatable bonds is 1. The van der Waals surface area contributed by atoms with Crippen LogP contribution in [-0.2, 0) is 0 Å². The van der Waals surface area contributed by atoms with Gasteiger partial charge in [-0.3, -0.25) is 4.98 Å². The molecule has 15 heavy (non-hydrogen) atoms. The summed E-state index contributed by atoms with van der Waals surface area (Å²) in [5, 5.41) is 9.37. The molecule has 1 N–H and O–H groups in total. The van der Waals surface area contributed by atoms with Crippen LogP contribution in [0.2, 0.25) is 5.02 Å². The molecule has 0 spiro atoms. The van der Waals surface area contributed by atoms with Gasteiger partial charge in [-0.2, -0.15) is 0 Å². The molecule has 0 aliphatic carbocycles. The molecule has 0 fully saturated rings. The van der Waals surface area contributed by atoms with Crippen LogP contribution in [0.5, 0.6) is 5.75 Å². The summed E-state index contributed by atoms with van der Waals surface area (Å²) in [5.74, 6) is -0.339. The van der Waals surface area contributed by atoms with Crippen molar-refractivity contribution in [2.24, 2.45) is 0 Å². The van der Waals surface area contributed by atoms with E-state index >= 15 is 0 Å². The predicted molar refractivity (Wildman–Crippen MR) is 56.3 cm³/mol. The third kappa shape index (κ3) is 2.25. The SMILES string of the molecule is Oc1ccc(-c2cc(F)cc(Cl)c2)nc1. The number of aromatic hydroxyl groups is 1. The molecule has 0 saturated heterocycles. The molecular weight excluding hydrogens is 217 g/mol. The first-order chi connectivity index (χ1) is 7.15. The van der Waals surface area contributed by atoms with Gasteiger partial charge in [0, 0.05) is 10.6 Å². The molecule has 0 radical (unpaired) electrons. The van der Waals surface area contributed by atoms with E-state index in [2.05, 4.69) is 4.98 Å². The second-order valence-corrected chi connectivity index (χ2v) is 3.50. The molecular formula is C11H7ClFNO. The molecule has 76 valence electrons. The lowest BCUT2D eigenvalue weighted by Crippen LogP contribution is -1.84. The predicted octanol–water partition coefficient (Wildman–Crippen LogP) is 3.25. The van der Waals surface area contributed by atoms with Gasteiger partial charge in [-0.05, 0) is 30.3 Å². The third-order valence-corrected chi connectivity index (χ3v) is 2.12. The van der Waals surface area contributed by atoms with E-state index in [9.17, 15) is 4.39 Å². The lowest BCUT2D eigenvalue weighted by atomic mass is 10.1. The molecule has 4 heteroatoms. The molecule has 0 unspecified atom stereocenters. The number of aromatic nitrogens is 1. The van der Waals surface area contributed by atoms with Gasteiger partial charge in [0.1, 0.15) is 11.6 Å². The Morgan fingerprint density at radius 3 is 2.60 bits per heavy atom. The van der Waals surface area contributed by atoms with E-state index in [0.717, 1.165) is 0 Å². The Hall–Kier alpha value is -1.61. The maximum Gasteiger partial charge on any atom is 0.133 e. The molecule has 1 aromatic heterocycles. The van der Waals surface area contributed by atoms with Crippen molar-refractivity contribution in [1.82, 2.24) is 4.98 Å². The number of pyridine rings is 1. The number of nitrogens with zero attached hydrogens (tertiary/aromatic N) is 1. The minimum atomic E-state index is -0.410. The van der Waals surface area contributed by atoms with Gasteiger partial charge < -0.3 is 5.11 Å². The van der Waals surface area contributed by atoms with Crippen molar-refractivity contribution in [3.8, 4) is 17.0 Å². The largest absolute Gasteiger partial charge is 0.506 e. The summed E-state index contributed by atoms with van der Waals surface area (Å²) < 4.78 is 13.0. The lowest BCUT2D eigenvalue weighted by molar-refractivity contribution is 0.473. The molecule has 0 aliphatic heterocycles. The highest BCUT2D eigenvalue weighted by molar-refractivity contribution is 6.30. The van der Waals surface area contributed by atoms with Crippen LogP contribution >= 0.6 is 11.6 Å². The Morgan fingerprint density at radius 1 is 1.20 bits per heavy atom. The standard InChI is InChI=1S/C11H7ClFNO/c12-8-3-7(4-9(13)5-8)11-2-1-10(15)6-14-11/h1-6,15H. The van der Waals surface area contributed by atoms with E-state index in [-0.39, 0.29) is 5.75 Å². The number of benzene rings is 1. The van der Waals surface area contributed by atoms with E-state index in [0.29, 0.717) is 16.3 Å². The van der Waals surface area contributed by atoms with Crippen LogP contribution < -0.4 is 0 Å². The van der Waals surface area contributed by atoms with E-state index in [1.54, 1.807) is 12.1 Å². The third-order valence-electron chi connectivity index (χ3n) is 1.91. The minimum Gasteiger partial charge on any atom is -0.506 e. The Labute approximate surface area is 91.0 Å². The quantitative estimate of drug-likeness (QED) is 0.805. The van der Waals surface area contributed by atoms with Crippen LogP contribution in [0.4, 0.5) is 4.39 Å². The lowest BCUT2D eigenvalue weighted by Gasteiger charge is -2.01. The van der Waals surface area contributed by atoms with E-state index < -0.39 is 5.82 Å². The van der Waals surface area contributed by atoms with Gasteiger partial charge in [0.15, 0.2) is 0 Å². The summed E-state index contributed by atoms with van der Waals surface area (Å²) in [5.41, 5.74) is 1.15. The van der Waals surface area contributed by atoms with E-state index in [1.807, 2.05) is 0 Å². The van der Waals surface area contributed by atoms with Crippen LogP contribution in [0.15, 0.2) is 36.5 Å². The monoisotopic (exact) mass is 223 g/mol. The highest BCUT2D eigenvalue weighted by atomic mass is 35.5. The molecule has 1 heterocycles. The van der Waals surface area contributed by atoms with E-state index in [1.165, 1.54) is 24.4 Å². The normalized spacial score (nSPS) is 10.3. The van der Waals surface area contributed by atoms with Gasteiger partial charge in [-0.25, -0.2) is 4.39 Å². The summed E-state index contributed by atoms with van der Waals surface area (Å²) in [4.78, 5) is 3.96. The Balaban J connectivity index is 2.49. The first-order valence-corrected chi connectivity index (χ1v) is 4.64. The van der Waals surface area contributed by atoms with Gasteiger partial charge in [0.05, 0.1) is 11.9 Å². The molecule has 2 aromatic rings. The second kappa shape index (κ2) is 3.87. The fraction of sp³-hybridized carbons (Fsp3) is 0. The first kappa shape index (κ1) is 9.93. The van der Waals surface area contributed by atoms with Gasteiger partial charge in [-0.1, -0.05) is 11.6 Å². The van der Waals surface area contributed by atoms with Crippen LogP contribution in [0.3, 0.4) is 0 Å². The van der Waals surface area contributed by atoms with Crippen molar-refractivity contribution in [2.45, 2.75) is 0 Å². The number of hydrogen-bond donors (Lipinski definition) is 1. The molecule has 0 saturated carbocycles. The summed E-state index contributed by atoms with van der Waals surface area (Å²) >= 11 is 5.71. The van der Waals surface area contributed by atoms with Crippen LogP contribution in [0.25, 0.3) is 11.3 Å². The van der Waals surface area contributed by atoms with Gasteiger partial charge >= 0.3 is 0 Å². The molecule has 0 aliphatic rings. The van der Waals surface area contributed by atoms with Crippen molar-refractivity contribution in [1.29, 1.82) is 0 Å². The summed E-state index contributed by atoms with van der Waals surface area (Å²) in [6.07, 6.45) is 1.30. The fourth-order valence-electron chi connectivity index (χ4n) is 1.26. The zero-order valence-corrected chi connectivity index (χ0v) is 8.37.